The molecule has 0 aliphatic heterocycles. The number of carbonyl (C=O) groups excluding carboxylic acids is 1. The predicted octanol–water partition coefficient (Wildman–Crippen LogP) is 2.81. The van der Waals surface area contributed by atoms with Gasteiger partial charge in [-0.1, -0.05) is 12.1 Å². The molecule has 0 atom stereocenters. The lowest BCUT2D eigenvalue weighted by atomic mass is 10.2. The van der Waals surface area contributed by atoms with Gasteiger partial charge in [0, 0.05) is 22.6 Å². The smallest absolute Gasteiger partial charge is 0.267 e. The standard InChI is InChI=1S/C13H11N3O3S/c1-9(12-6-3-7-20-12)14-15-13(17)10-4-2-5-11(8-10)16(18)19/h2-8H,1H3,(H,15,17)/b14-9+. The van der Waals surface area contributed by atoms with Gasteiger partial charge < -0.3 is 0 Å². The van der Waals surface area contributed by atoms with E-state index in [-0.39, 0.29) is 11.3 Å². The van der Waals surface area contributed by atoms with Gasteiger partial charge in [-0.3, -0.25) is 14.9 Å². The molecule has 2 rings (SSSR count). The van der Waals surface area contributed by atoms with Crippen molar-refractivity contribution in [2.75, 3.05) is 0 Å². The lowest BCUT2D eigenvalue weighted by Gasteiger charge is -2.01. The third-order valence-corrected chi connectivity index (χ3v) is 3.50. The van der Waals surface area contributed by atoms with E-state index in [2.05, 4.69) is 10.5 Å². The van der Waals surface area contributed by atoms with E-state index in [1.807, 2.05) is 17.5 Å². The molecule has 0 saturated carbocycles. The molecule has 2 aromatic rings. The summed E-state index contributed by atoms with van der Waals surface area (Å²) >= 11 is 1.51. The van der Waals surface area contributed by atoms with Crippen LogP contribution in [0.25, 0.3) is 0 Å². The lowest BCUT2D eigenvalue weighted by Crippen LogP contribution is -2.19. The van der Waals surface area contributed by atoms with Gasteiger partial charge in [0.05, 0.1) is 10.6 Å². The Morgan fingerprint density at radius 2 is 2.15 bits per heavy atom. The van der Waals surface area contributed by atoms with Crippen molar-refractivity contribution in [2.24, 2.45) is 5.10 Å². The van der Waals surface area contributed by atoms with Gasteiger partial charge in [-0.2, -0.15) is 5.10 Å². The zero-order chi connectivity index (χ0) is 14.5. The van der Waals surface area contributed by atoms with Crippen LogP contribution in [0.5, 0.6) is 0 Å². The summed E-state index contributed by atoms with van der Waals surface area (Å²) in [4.78, 5) is 22.9. The molecule has 0 bridgehead atoms. The fourth-order valence-corrected chi connectivity index (χ4v) is 2.18. The molecule has 0 aliphatic rings. The van der Waals surface area contributed by atoms with E-state index in [9.17, 15) is 14.9 Å². The third-order valence-electron chi connectivity index (χ3n) is 2.52. The van der Waals surface area contributed by atoms with Gasteiger partial charge in [-0.25, -0.2) is 5.43 Å². The average Bonchev–Trinajstić information content (AvgIpc) is 2.98. The van der Waals surface area contributed by atoms with Gasteiger partial charge in [-0.15, -0.1) is 11.3 Å². The van der Waals surface area contributed by atoms with Crippen molar-refractivity contribution >= 4 is 28.6 Å². The largest absolute Gasteiger partial charge is 0.271 e. The highest BCUT2D eigenvalue weighted by Crippen LogP contribution is 2.13. The fraction of sp³-hybridized carbons (Fsp3) is 0.0769. The molecular formula is C13H11N3O3S. The molecule has 0 aliphatic carbocycles. The van der Waals surface area contributed by atoms with Crippen LogP contribution in [0, 0.1) is 10.1 Å². The highest BCUT2D eigenvalue weighted by Gasteiger charge is 2.11. The fourth-order valence-electron chi connectivity index (χ4n) is 1.50. The molecule has 1 aromatic carbocycles. The maximum absolute atomic E-state index is 11.9. The maximum atomic E-state index is 11.9. The summed E-state index contributed by atoms with van der Waals surface area (Å²) in [6.07, 6.45) is 0. The summed E-state index contributed by atoms with van der Waals surface area (Å²) in [6, 6.07) is 9.29. The summed E-state index contributed by atoms with van der Waals surface area (Å²) in [5, 5.41) is 16.5. The summed E-state index contributed by atoms with van der Waals surface area (Å²) in [6.45, 7) is 1.78. The van der Waals surface area contributed by atoms with Crippen LogP contribution in [-0.4, -0.2) is 16.5 Å². The number of non-ortho nitro benzene ring substituents is 1. The lowest BCUT2D eigenvalue weighted by molar-refractivity contribution is -0.384. The number of nitrogens with one attached hydrogen (secondary N) is 1. The second-order valence-corrected chi connectivity index (χ2v) is 4.87. The Balaban J connectivity index is 2.11. The molecule has 0 unspecified atom stereocenters. The number of benzene rings is 1. The maximum Gasteiger partial charge on any atom is 0.271 e. The third kappa shape index (κ3) is 3.27. The molecule has 0 fully saturated rings. The van der Waals surface area contributed by atoms with Crippen LogP contribution in [0.2, 0.25) is 0 Å². The molecule has 7 heteroatoms. The van der Waals surface area contributed by atoms with Gasteiger partial charge in [0.15, 0.2) is 0 Å². The van der Waals surface area contributed by atoms with E-state index in [1.165, 1.54) is 35.6 Å². The molecule has 0 spiro atoms. The van der Waals surface area contributed by atoms with E-state index in [0.717, 1.165) is 4.88 Å². The van der Waals surface area contributed by atoms with Crippen molar-refractivity contribution < 1.29 is 9.72 Å². The van der Waals surface area contributed by atoms with Crippen molar-refractivity contribution in [3.05, 3.63) is 62.3 Å². The van der Waals surface area contributed by atoms with Gasteiger partial charge in [0.25, 0.3) is 11.6 Å². The predicted molar refractivity (Wildman–Crippen MR) is 77.1 cm³/mol. The Bertz CT molecular complexity index is 665. The Labute approximate surface area is 118 Å². The van der Waals surface area contributed by atoms with E-state index in [1.54, 1.807) is 6.92 Å². The summed E-state index contributed by atoms with van der Waals surface area (Å²) < 4.78 is 0. The molecule has 1 N–H and O–H groups in total. The Morgan fingerprint density at radius 1 is 1.35 bits per heavy atom. The first-order valence-corrected chi connectivity index (χ1v) is 6.59. The van der Waals surface area contributed by atoms with Crippen LogP contribution in [-0.2, 0) is 0 Å². The number of nitrogens with zero attached hydrogens (tertiary/aromatic N) is 2. The molecule has 1 aromatic heterocycles. The van der Waals surface area contributed by atoms with E-state index in [4.69, 9.17) is 0 Å². The first-order valence-electron chi connectivity index (χ1n) is 5.71. The Hall–Kier alpha value is -2.54. The zero-order valence-corrected chi connectivity index (χ0v) is 11.4. The second kappa shape index (κ2) is 6.07. The van der Waals surface area contributed by atoms with E-state index >= 15 is 0 Å². The molecule has 0 radical (unpaired) electrons. The minimum Gasteiger partial charge on any atom is -0.267 e. The number of hydrogen-bond acceptors (Lipinski definition) is 5. The van der Waals surface area contributed by atoms with E-state index < -0.39 is 10.8 Å². The first kappa shape index (κ1) is 13.9. The van der Waals surface area contributed by atoms with E-state index in [0.29, 0.717) is 5.71 Å². The van der Waals surface area contributed by atoms with Gasteiger partial charge >= 0.3 is 0 Å². The van der Waals surface area contributed by atoms with Crippen molar-refractivity contribution in [1.29, 1.82) is 0 Å². The molecule has 6 nitrogen and oxygen atoms in total. The highest BCUT2D eigenvalue weighted by molar-refractivity contribution is 7.12. The molecule has 102 valence electrons. The Kier molecular flexibility index (Phi) is 4.21. The number of thiophene rings is 1. The number of carbonyl (C=O) groups is 1. The molecule has 1 amide bonds. The van der Waals surface area contributed by atoms with Crippen LogP contribution in [0.1, 0.15) is 22.2 Å². The number of rotatable bonds is 4. The number of hydrogen-bond donors (Lipinski definition) is 1. The van der Waals surface area contributed by atoms with Crippen molar-refractivity contribution in [3.8, 4) is 0 Å². The quantitative estimate of drug-likeness (QED) is 0.533. The molecule has 0 saturated heterocycles. The summed E-state index contributed by atoms with van der Waals surface area (Å²) in [7, 11) is 0. The van der Waals surface area contributed by atoms with Crippen LogP contribution < -0.4 is 5.43 Å². The zero-order valence-electron chi connectivity index (χ0n) is 10.6. The van der Waals surface area contributed by atoms with Crippen LogP contribution >= 0.6 is 11.3 Å². The normalized spacial score (nSPS) is 11.2. The number of nitro benzene ring substituents is 1. The molecular weight excluding hydrogens is 278 g/mol. The minimum absolute atomic E-state index is 0.128. The average molecular weight is 289 g/mol. The monoisotopic (exact) mass is 289 g/mol. The van der Waals surface area contributed by atoms with Crippen molar-refractivity contribution in [3.63, 3.8) is 0 Å². The highest BCUT2D eigenvalue weighted by atomic mass is 32.1. The topological polar surface area (TPSA) is 84.6 Å². The minimum atomic E-state index is -0.545. The SMILES string of the molecule is C/C(=N\NC(=O)c1cccc([N+](=O)[O-])c1)c1cccs1. The summed E-state index contributed by atoms with van der Waals surface area (Å²) in [5.74, 6) is -0.482. The van der Waals surface area contributed by atoms with Gasteiger partial charge in [-0.05, 0) is 24.4 Å². The molecule has 1 heterocycles. The van der Waals surface area contributed by atoms with Crippen molar-refractivity contribution in [1.82, 2.24) is 5.43 Å². The second-order valence-electron chi connectivity index (χ2n) is 3.92. The van der Waals surface area contributed by atoms with Crippen molar-refractivity contribution in [2.45, 2.75) is 6.92 Å². The van der Waals surface area contributed by atoms with Crippen LogP contribution in [0.3, 0.4) is 0 Å². The summed E-state index contributed by atoms with van der Waals surface area (Å²) in [5.41, 5.74) is 3.13. The van der Waals surface area contributed by atoms with Crippen LogP contribution in [0.4, 0.5) is 5.69 Å². The van der Waals surface area contributed by atoms with Crippen LogP contribution in [0.15, 0.2) is 46.9 Å². The number of hydrazone groups is 1. The number of amides is 1. The Morgan fingerprint density at radius 3 is 2.80 bits per heavy atom. The molecule has 20 heavy (non-hydrogen) atoms. The number of nitro groups is 1. The van der Waals surface area contributed by atoms with Gasteiger partial charge in [0.1, 0.15) is 0 Å². The first-order chi connectivity index (χ1) is 9.58. The van der Waals surface area contributed by atoms with Gasteiger partial charge in [0.2, 0.25) is 0 Å².